The maximum Gasteiger partial charge on any atom is 0.360 e. The van der Waals surface area contributed by atoms with Crippen LogP contribution in [-0.2, 0) is 14.8 Å². The predicted octanol–water partition coefficient (Wildman–Crippen LogP) is 0.218. The lowest BCUT2D eigenvalue weighted by Crippen LogP contribution is -2.36. The summed E-state index contributed by atoms with van der Waals surface area (Å²) in [6.45, 7) is 1.52. The van der Waals surface area contributed by atoms with E-state index in [1.165, 1.54) is 25.8 Å². The van der Waals surface area contributed by atoms with Crippen LogP contribution in [0.1, 0.15) is 17.4 Å². The number of carbonyl (C=O) groups is 2. The van der Waals surface area contributed by atoms with Crippen LogP contribution in [0.15, 0.2) is 22.9 Å². The number of hydrogen-bond acceptors (Lipinski definition) is 13. The number of anilines is 1. The normalized spacial score (nSPS) is 11.0. The van der Waals surface area contributed by atoms with Crippen LogP contribution < -0.4 is 19.5 Å². The van der Waals surface area contributed by atoms with E-state index in [-0.39, 0.29) is 29.4 Å². The van der Waals surface area contributed by atoms with Gasteiger partial charge in [-0.05, 0) is 6.92 Å². The first-order valence-corrected chi connectivity index (χ1v) is 11.0. The van der Waals surface area contributed by atoms with Crippen LogP contribution in [0, 0.1) is 0 Å². The van der Waals surface area contributed by atoms with Crippen molar-refractivity contribution in [1.82, 2.24) is 34.4 Å². The molecule has 0 unspecified atom stereocenters. The third-order valence-corrected chi connectivity index (χ3v) is 5.59. The van der Waals surface area contributed by atoms with Crippen LogP contribution in [0.4, 0.5) is 10.7 Å². The number of rotatable bonds is 8. The van der Waals surface area contributed by atoms with E-state index in [1.54, 1.807) is 11.6 Å². The van der Waals surface area contributed by atoms with Gasteiger partial charge in [-0.1, -0.05) is 11.3 Å². The van der Waals surface area contributed by atoms with Crippen LogP contribution in [0.3, 0.4) is 0 Å². The zero-order chi connectivity index (χ0) is 23.3. The zero-order valence-corrected chi connectivity index (χ0v) is 18.4. The first kappa shape index (κ1) is 22.8. The number of nitrogens with zero attached hydrogens (tertiary/aromatic N) is 6. The number of sulfonamides is 1. The average molecular weight is 484 g/mol. The second-order valence-electron chi connectivity index (χ2n) is 5.55. The van der Waals surface area contributed by atoms with Gasteiger partial charge in [0.05, 0.1) is 26.9 Å². The molecule has 0 saturated heterocycles. The number of carbonyl (C=O) groups excluding carboxylic acids is 2. The fraction of sp³-hybridized carbons (Fsp3) is 0.267. The standard InChI is InChI=1S/C15H16N8O7S2/c1-4-30-12(24)10-11(23(6-16-10)15-21-17-7-31-15)32(26,27)22-14(25)20-13-18-8(28-2)5-9(19-13)29-3/h5-7H,4H2,1-3H3,(H2,18,19,20,22,25). The molecular weight excluding hydrogens is 468 g/mol. The van der Waals surface area contributed by atoms with Crippen LogP contribution in [0.25, 0.3) is 5.13 Å². The number of esters is 1. The highest BCUT2D eigenvalue weighted by atomic mass is 32.2. The smallest absolute Gasteiger partial charge is 0.360 e. The molecule has 32 heavy (non-hydrogen) atoms. The molecule has 0 atom stereocenters. The molecule has 0 bridgehead atoms. The largest absolute Gasteiger partial charge is 0.481 e. The van der Waals surface area contributed by atoms with Crippen LogP contribution >= 0.6 is 11.3 Å². The molecule has 3 rings (SSSR count). The molecule has 170 valence electrons. The lowest BCUT2D eigenvalue weighted by atomic mass is 10.5. The maximum atomic E-state index is 13.0. The lowest BCUT2D eigenvalue weighted by Gasteiger charge is -2.11. The Morgan fingerprint density at radius 1 is 1.19 bits per heavy atom. The van der Waals surface area contributed by atoms with E-state index < -0.39 is 32.7 Å². The second-order valence-corrected chi connectivity index (χ2v) is 7.96. The molecule has 2 amide bonds. The Bertz CT molecular complexity index is 1200. The summed E-state index contributed by atoms with van der Waals surface area (Å²) in [4.78, 5) is 36.2. The monoisotopic (exact) mass is 484 g/mol. The number of amides is 2. The van der Waals surface area contributed by atoms with Gasteiger partial charge in [0.2, 0.25) is 22.8 Å². The van der Waals surface area contributed by atoms with Crippen molar-refractivity contribution in [2.24, 2.45) is 0 Å². The number of nitrogens with one attached hydrogen (secondary N) is 2. The van der Waals surface area contributed by atoms with E-state index in [1.807, 2.05) is 0 Å². The summed E-state index contributed by atoms with van der Waals surface area (Å²) in [5.41, 5.74) is 0.810. The Morgan fingerprint density at radius 2 is 1.88 bits per heavy atom. The molecule has 17 heteroatoms. The lowest BCUT2D eigenvalue weighted by molar-refractivity contribution is 0.0515. The molecule has 3 heterocycles. The molecule has 3 aromatic rings. The first-order chi connectivity index (χ1) is 15.3. The molecule has 0 aliphatic rings. The van der Waals surface area contributed by atoms with E-state index in [0.29, 0.717) is 0 Å². The fourth-order valence-electron chi connectivity index (χ4n) is 2.31. The van der Waals surface area contributed by atoms with Gasteiger partial charge in [-0.15, -0.1) is 10.2 Å². The first-order valence-electron chi connectivity index (χ1n) is 8.61. The molecule has 15 nitrogen and oxygen atoms in total. The van der Waals surface area contributed by atoms with Crippen molar-refractivity contribution in [3.63, 3.8) is 0 Å². The quantitative estimate of drug-likeness (QED) is 0.414. The minimum Gasteiger partial charge on any atom is -0.481 e. The summed E-state index contributed by atoms with van der Waals surface area (Å²) in [7, 11) is -1.99. The molecule has 0 saturated carbocycles. The summed E-state index contributed by atoms with van der Waals surface area (Å²) in [6.07, 6.45) is 1.05. The molecule has 0 radical (unpaired) electrons. The van der Waals surface area contributed by atoms with Gasteiger partial charge in [0.1, 0.15) is 11.8 Å². The van der Waals surface area contributed by atoms with Gasteiger partial charge in [0.25, 0.3) is 10.0 Å². The van der Waals surface area contributed by atoms with E-state index in [0.717, 1.165) is 22.2 Å². The molecule has 3 aromatic heterocycles. The van der Waals surface area contributed by atoms with Crippen molar-refractivity contribution in [1.29, 1.82) is 0 Å². The fourth-order valence-corrected chi connectivity index (χ4v) is 4.08. The molecule has 2 N–H and O–H groups in total. The van der Waals surface area contributed by atoms with Crippen molar-refractivity contribution in [2.75, 3.05) is 26.1 Å². The molecular formula is C15H16N8O7S2. The van der Waals surface area contributed by atoms with Gasteiger partial charge < -0.3 is 14.2 Å². The van der Waals surface area contributed by atoms with Crippen molar-refractivity contribution in [3.8, 4) is 16.9 Å². The topological polar surface area (TPSA) is 189 Å². The summed E-state index contributed by atoms with van der Waals surface area (Å²) >= 11 is 0.982. The highest BCUT2D eigenvalue weighted by molar-refractivity contribution is 7.90. The maximum absolute atomic E-state index is 13.0. The van der Waals surface area contributed by atoms with Crippen molar-refractivity contribution >= 4 is 39.3 Å². The summed E-state index contributed by atoms with van der Waals surface area (Å²) < 4.78 is 43.6. The molecule has 0 aliphatic carbocycles. The number of methoxy groups -OCH3 is 2. The highest BCUT2D eigenvalue weighted by Crippen LogP contribution is 2.22. The minimum absolute atomic E-state index is 0.0209. The average Bonchev–Trinajstić information content (AvgIpc) is 3.43. The number of ether oxygens (including phenoxy) is 3. The number of urea groups is 1. The van der Waals surface area contributed by atoms with Crippen LogP contribution in [0.5, 0.6) is 11.8 Å². The Balaban J connectivity index is 1.93. The van der Waals surface area contributed by atoms with E-state index in [4.69, 9.17) is 14.2 Å². The van der Waals surface area contributed by atoms with Gasteiger partial charge >= 0.3 is 12.0 Å². The van der Waals surface area contributed by atoms with Gasteiger partial charge in [-0.2, -0.15) is 18.4 Å². The third-order valence-electron chi connectivity index (χ3n) is 3.55. The summed E-state index contributed by atoms with van der Waals surface area (Å²) in [5.74, 6) is -1.17. The molecule has 0 aliphatic heterocycles. The highest BCUT2D eigenvalue weighted by Gasteiger charge is 2.33. The van der Waals surface area contributed by atoms with Crippen molar-refractivity contribution in [3.05, 3.63) is 23.6 Å². The van der Waals surface area contributed by atoms with Gasteiger partial charge in [0.15, 0.2) is 10.7 Å². The predicted molar refractivity (Wildman–Crippen MR) is 107 cm³/mol. The van der Waals surface area contributed by atoms with Crippen molar-refractivity contribution < 1.29 is 32.2 Å². The van der Waals surface area contributed by atoms with Crippen LogP contribution in [-0.4, -0.2) is 71.0 Å². The zero-order valence-electron chi connectivity index (χ0n) is 16.8. The summed E-state index contributed by atoms with van der Waals surface area (Å²) in [6, 6.07) is 0.131. The Morgan fingerprint density at radius 3 is 2.44 bits per heavy atom. The second kappa shape index (κ2) is 9.52. The van der Waals surface area contributed by atoms with Crippen LogP contribution in [0.2, 0.25) is 0 Å². The van der Waals surface area contributed by atoms with E-state index in [9.17, 15) is 18.0 Å². The van der Waals surface area contributed by atoms with E-state index in [2.05, 4.69) is 30.5 Å². The number of imidazole rings is 1. The minimum atomic E-state index is -4.66. The molecule has 0 aromatic carbocycles. The number of hydrogen-bond donors (Lipinski definition) is 2. The van der Waals surface area contributed by atoms with Gasteiger partial charge in [0, 0.05) is 0 Å². The number of aromatic nitrogens is 6. The van der Waals surface area contributed by atoms with E-state index >= 15 is 0 Å². The Labute approximate surface area is 184 Å². The molecule has 0 spiro atoms. The summed E-state index contributed by atoms with van der Waals surface area (Å²) in [5, 5.41) is 8.98. The Kier molecular flexibility index (Phi) is 6.79. The Hall–Kier alpha value is -3.86. The SMILES string of the molecule is CCOC(=O)c1ncn(-c2nncs2)c1S(=O)(=O)NC(=O)Nc1nc(OC)cc(OC)n1. The third kappa shape index (κ3) is 4.89. The van der Waals surface area contributed by atoms with Gasteiger partial charge in [-0.25, -0.2) is 19.3 Å². The van der Waals surface area contributed by atoms with Crippen molar-refractivity contribution in [2.45, 2.75) is 11.9 Å². The molecule has 0 fully saturated rings. The van der Waals surface area contributed by atoms with Gasteiger partial charge in [-0.3, -0.25) is 9.88 Å².